The van der Waals surface area contributed by atoms with Gasteiger partial charge in [-0.2, -0.15) is 5.10 Å². The Balaban J connectivity index is 1.42. The highest BCUT2D eigenvalue weighted by atomic mass is 16.2. The van der Waals surface area contributed by atoms with E-state index in [0.717, 1.165) is 49.8 Å². The lowest BCUT2D eigenvalue weighted by Crippen LogP contribution is -2.38. The molecular weight excluding hydrogens is 316 g/mol. The summed E-state index contributed by atoms with van der Waals surface area (Å²) in [6.07, 6.45) is 7.84. The summed E-state index contributed by atoms with van der Waals surface area (Å²) in [5.41, 5.74) is 5.45. The minimum absolute atomic E-state index is 0.143. The zero-order chi connectivity index (χ0) is 17.4. The quantitative estimate of drug-likeness (QED) is 0.823. The lowest BCUT2D eigenvalue weighted by molar-refractivity contribution is -0.136. The number of fused-ring (bicyclic) bond motifs is 2. The van der Waals surface area contributed by atoms with Crippen molar-refractivity contribution in [3.63, 3.8) is 0 Å². The number of carbonyl (C=O) groups is 2. The minimum atomic E-state index is -0.617. The molecule has 2 aliphatic rings. The van der Waals surface area contributed by atoms with Gasteiger partial charge in [0.05, 0.1) is 12.2 Å². The Morgan fingerprint density at radius 2 is 1.96 bits per heavy atom. The Kier molecular flexibility index (Phi) is 4.03. The van der Waals surface area contributed by atoms with E-state index < -0.39 is 11.8 Å². The van der Waals surface area contributed by atoms with Gasteiger partial charge in [-0.25, -0.2) is 0 Å². The van der Waals surface area contributed by atoms with Gasteiger partial charge in [0.1, 0.15) is 0 Å². The van der Waals surface area contributed by atoms with Crippen molar-refractivity contribution in [3.05, 3.63) is 46.8 Å². The molecule has 0 bridgehead atoms. The van der Waals surface area contributed by atoms with Crippen LogP contribution < -0.4 is 10.6 Å². The van der Waals surface area contributed by atoms with Gasteiger partial charge in [-0.3, -0.25) is 14.3 Å². The number of carbonyl (C=O) groups excluding carboxylic acids is 2. The standard InChI is InChI=1S/C19H22N4O2/c1-23-17-7-3-6-16(15(17)11-20-23)22-19(25)18(24)21-14-9-8-12-4-2-5-13(12)10-14/h8-11,16H,2-7H2,1H3,(H,21,24)(H,22,25). The van der Waals surface area contributed by atoms with Crippen molar-refractivity contribution < 1.29 is 9.59 Å². The van der Waals surface area contributed by atoms with Crippen molar-refractivity contribution in [1.29, 1.82) is 0 Å². The SMILES string of the molecule is Cn1ncc2c1CCCC2NC(=O)C(=O)Nc1ccc2c(c1)CCC2. The van der Waals surface area contributed by atoms with E-state index in [-0.39, 0.29) is 6.04 Å². The summed E-state index contributed by atoms with van der Waals surface area (Å²) in [6, 6.07) is 5.75. The third-order valence-electron chi connectivity index (χ3n) is 5.24. The maximum atomic E-state index is 12.3. The van der Waals surface area contributed by atoms with Crippen LogP contribution in [0.2, 0.25) is 0 Å². The summed E-state index contributed by atoms with van der Waals surface area (Å²) in [4.78, 5) is 24.6. The smallest absolute Gasteiger partial charge is 0.313 e. The summed E-state index contributed by atoms with van der Waals surface area (Å²) in [5.74, 6) is -1.21. The van der Waals surface area contributed by atoms with Crippen LogP contribution in [0.4, 0.5) is 5.69 Å². The molecule has 0 fully saturated rings. The van der Waals surface area contributed by atoms with E-state index in [4.69, 9.17) is 0 Å². The topological polar surface area (TPSA) is 76.0 Å². The summed E-state index contributed by atoms with van der Waals surface area (Å²) in [6.45, 7) is 0. The first-order valence-electron chi connectivity index (χ1n) is 8.86. The highest BCUT2D eigenvalue weighted by Crippen LogP contribution is 2.29. The normalized spacial score (nSPS) is 18.4. The molecule has 0 radical (unpaired) electrons. The maximum absolute atomic E-state index is 12.3. The summed E-state index contributed by atoms with van der Waals surface area (Å²) in [7, 11) is 1.91. The van der Waals surface area contributed by atoms with E-state index in [2.05, 4.69) is 15.7 Å². The van der Waals surface area contributed by atoms with Crippen LogP contribution in [0.25, 0.3) is 0 Å². The lowest BCUT2D eigenvalue weighted by atomic mass is 9.93. The summed E-state index contributed by atoms with van der Waals surface area (Å²) >= 11 is 0. The molecule has 130 valence electrons. The molecule has 2 aliphatic carbocycles. The van der Waals surface area contributed by atoms with Crippen molar-refractivity contribution in [2.24, 2.45) is 7.05 Å². The van der Waals surface area contributed by atoms with Gasteiger partial charge in [-0.1, -0.05) is 6.07 Å². The largest absolute Gasteiger partial charge is 0.341 e. The fourth-order valence-electron chi connectivity index (χ4n) is 3.92. The lowest BCUT2D eigenvalue weighted by Gasteiger charge is -2.23. The monoisotopic (exact) mass is 338 g/mol. The van der Waals surface area contributed by atoms with Crippen LogP contribution in [0.15, 0.2) is 24.4 Å². The number of amides is 2. The third kappa shape index (κ3) is 3.04. The molecule has 1 unspecified atom stereocenters. The van der Waals surface area contributed by atoms with Gasteiger partial charge in [-0.15, -0.1) is 0 Å². The molecule has 0 spiro atoms. The molecule has 25 heavy (non-hydrogen) atoms. The predicted molar refractivity (Wildman–Crippen MR) is 94.1 cm³/mol. The van der Waals surface area contributed by atoms with Gasteiger partial charge in [0.2, 0.25) is 0 Å². The van der Waals surface area contributed by atoms with Crippen LogP contribution in [0.1, 0.15) is 47.7 Å². The molecule has 1 aromatic heterocycles. The van der Waals surface area contributed by atoms with Gasteiger partial charge in [0, 0.05) is 24.0 Å². The average Bonchev–Trinajstić information content (AvgIpc) is 3.22. The molecule has 1 aromatic carbocycles. The number of aromatic nitrogens is 2. The van der Waals surface area contributed by atoms with Gasteiger partial charge in [0.25, 0.3) is 0 Å². The second kappa shape index (κ2) is 6.35. The van der Waals surface area contributed by atoms with E-state index in [0.29, 0.717) is 5.69 Å². The van der Waals surface area contributed by atoms with Crippen LogP contribution in [-0.4, -0.2) is 21.6 Å². The van der Waals surface area contributed by atoms with E-state index >= 15 is 0 Å². The molecule has 2 amide bonds. The molecule has 6 heteroatoms. The fraction of sp³-hybridized carbons (Fsp3) is 0.421. The highest BCUT2D eigenvalue weighted by Gasteiger charge is 2.27. The van der Waals surface area contributed by atoms with E-state index in [1.54, 1.807) is 6.20 Å². The fourth-order valence-corrected chi connectivity index (χ4v) is 3.92. The van der Waals surface area contributed by atoms with Crippen molar-refractivity contribution >= 4 is 17.5 Å². The van der Waals surface area contributed by atoms with Gasteiger partial charge < -0.3 is 10.6 Å². The number of rotatable bonds is 2. The first kappa shape index (κ1) is 15.9. The molecule has 0 saturated carbocycles. The number of anilines is 1. The Bertz CT molecular complexity index is 840. The molecule has 0 saturated heterocycles. The second-order valence-electron chi connectivity index (χ2n) is 6.88. The number of benzene rings is 1. The van der Waals surface area contributed by atoms with E-state index in [9.17, 15) is 9.59 Å². The van der Waals surface area contributed by atoms with E-state index in [1.807, 2.05) is 29.9 Å². The number of hydrogen-bond acceptors (Lipinski definition) is 3. The number of aryl methyl sites for hydroxylation is 3. The van der Waals surface area contributed by atoms with Crippen LogP contribution in [-0.2, 0) is 35.9 Å². The predicted octanol–water partition coefficient (Wildman–Crippen LogP) is 2.04. The van der Waals surface area contributed by atoms with Crippen molar-refractivity contribution in [1.82, 2.24) is 15.1 Å². The van der Waals surface area contributed by atoms with Crippen LogP contribution in [0, 0.1) is 0 Å². The van der Waals surface area contributed by atoms with Crippen molar-refractivity contribution in [2.45, 2.75) is 44.6 Å². The highest BCUT2D eigenvalue weighted by molar-refractivity contribution is 6.39. The van der Waals surface area contributed by atoms with Crippen molar-refractivity contribution in [3.8, 4) is 0 Å². The molecule has 1 atom stereocenters. The molecule has 1 heterocycles. The number of hydrogen-bond donors (Lipinski definition) is 2. The zero-order valence-corrected chi connectivity index (χ0v) is 14.3. The summed E-state index contributed by atoms with van der Waals surface area (Å²) in [5, 5.41) is 9.84. The number of nitrogens with one attached hydrogen (secondary N) is 2. The van der Waals surface area contributed by atoms with Gasteiger partial charge in [0.15, 0.2) is 0 Å². The Morgan fingerprint density at radius 3 is 2.84 bits per heavy atom. The molecule has 6 nitrogen and oxygen atoms in total. The van der Waals surface area contributed by atoms with Crippen LogP contribution in [0.3, 0.4) is 0 Å². The Morgan fingerprint density at radius 1 is 1.12 bits per heavy atom. The first-order chi connectivity index (χ1) is 12.1. The van der Waals surface area contributed by atoms with E-state index in [1.165, 1.54) is 11.1 Å². The molecule has 2 aromatic rings. The Hall–Kier alpha value is -2.63. The molecule has 4 rings (SSSR count). The Labute approximate surface area is 146 Å². The van der Waals surface area contributed by atoms with Gasteiger partial charge >= 0.3 is 11.8 Å². The zero-order valence-electron chi connectivity index (χ0n) is 14.3. The second-order valence-corrected chi connectivity index (χ2v) is 6.88. The molecule has 2 N–H and O–H groups in total. The molecule has 0 aliphatic heterocycles. The van der Waals surface area contributed by atoms with Crippen LogP contribution >= 0.6 is 0 Å². The van der Waals surface area contributed by atoms with Crippen molar-refractivity contribution in [2.75, 3.05) is 5.32 Å². The number of nitrogens with zero attached hydrogens (tertiary/aromatic N) is 2. The van der Waals surface area contributed by atoms with Crippen LogP contribution in [0.5, 0.6) is 0 Å². The average molecular weight is 338 g/mol. The maximum Gasteiger partial charge on any atom is 0.313 e. The molecular formula is C19H22N4O2. The minimum Gasteiger partial charge on any atom is -0.341 e. The van der Waals surface area contributed by atoms with Gasteiger partial charge in [-0.05, 0) is 61.8 Å². The summed E-state index contributed by atoms with van der Waals surface area (Å²) < 4.78 is 1.85. The third-order valence-corrected chi connectivity index (χ3v) is 5.24. The first-order valence-corrected chi connectivity index (χ1v) is 8.86.